The summed E-state index contributed by atoms with van der Waals surface area (Å²) in [6.07, 6.45) is -0.613. The van der Waals surface area contributed by atoms with Crippen LogP contribution >= 0.6 is 0 Å². The number of rotatable bonds is 10. The summed E-state index contributed by atoms with van der Waals surface area (Å²) in [7, 11) is 1.46. The maximum atomic E-state index is 13.1. The fraction of sp³-hybridized carbons (Fsp3) is 0.292. The standard InChI is InChI=1S/C24H25F2N3O4/c1-4-33-21-10-15(5-6-17(21)24(30)31)19-12-22(29-13-28-19)27-8-7-16-9-14(2)18(23(25)26)11-20(16)32-3/h5-6,9-13,23H,4,7-8H2,1-3H3,(H,30,31)(H,27,28,29). The lowest BCUT2D eigenvalue weighted by atomic mass is 10.0. The molecule has 9 heteroatoms. The number of aromatic carboxylic acids is 1. The summed E-state index contributed by atoms with van der Waals surface area (Å²) in [4.78, 5) is 19.9. The zero-order valence-electron chi connectivity index (χ0n) is 18.6. The topological polar surface area (TPSA) is 93.6 Å². The van der Waals surface area contributed by atoms with Gasteiger partial charge in [-0.3, -0.25) is 0 Å². The van der Waals surface area contributed by atoms with Crippen LogP contribution in [0.25, 0.3) is 11.3 Å². The third-order valence-electron chi connectivity index (χ3n) is 5.08. The quantitative estimate of drug-likeness (QED) is 0.435. The molecular weight excluding hydrogens is 432 g/mol. The van der Waals surface area contributed by atoms with E-state index in [0.29, 0.717) is 48.0 Å². The van der Waals surface area contributed by atoms with E-state index in [0.717, 1.165) is 5.56 Å². The molecule has 0 spiro atoms. The number of nitrogens with one attached hydrogen (secondary N) is 1. The number of carbonyl (C=O) groups is 1. The minimum Gasteiger partial charge on any atom is -0.496 e. The van der Waals surface area contributed by atoms with Crippen LogP contribution < -0.4 is 14.8 Å². The predicted octanol–water partition coefficient (Wildman–Crippen LogP) is 5.15. The smallest absolute Gasteiger partial charge is 0.339 e. The van der Waals surface area contributed by atoms with Gasteiger partial charge in [0.1, 0.15) is 29.2 Å². The molecule has 1 heterocycles. The van der Waals surface area contributed by atoms with Crippen molar-refractivity contribution >= 4 is 11.8 Å². The van der Waals surface area contributed by atoms with Crippen LogP contribution in [0.1, 0.15) is 40.4 Å². The van der Waals surface area contributed by atoms with Crippen molar-refractivity contribution in [3.63, 3.8) is 0 Å². The molecule has 7 nitrogen and oxygen atoms in total. The Labute approximate surface area is 190 Å². The highest BCUT2D eigenvalue weighted by Crippen LogP contribution is 2.31. The molecule has 1 aromatic heterocycles. The summed E-state index contributed by atoms with van der Waals surface area (Å²) in [6.45, 7) is 4.26. The average molecular weight is 457 g/mol. The van der Waals surface area contributed by atoms with Crippen molar-refractivity contribution in [1.29, 1.82) is 0 Å². The lowest BCUT2D eigenvalue weighted by Crippen LogP contribution is -2.08. The van der Waals surface area contributed by atoms with Gasteiger partial charge >= 0.3 is 5.97 Å². The van der Waals surface area contributed by atoms with Gasteiger partial charge in [-0.05, 0) is 49.6 Å². The van der Waals surface area contributed by atoms with Crippen molar-refractivity contribution in [2.45, 2.75) is 26.7 Å². The van der Waals surface area contributed by atoms with E-state index in [1.54, 1.807) is 38.1 Å². The third kappa shape index (κ3) is 5.74. The van der Waals surface area contributed by atoms with E-state index in [2.05, 4.69) is 15.3 Å². The highest BCUT2D eigenvalue weighted by atomic mass is 19.3. The van der Waals surface area contributed by atoms with Crippen LogP contribution in [0.5, 0.6) is 11.5 Å². The number of benzene rings is 2. The lowest BCUT2D eigenvalue weighted by molar-refractivity contribution is 0.0692. The van der Waals surface area contributed by atoms with Crippen molar-refractivity contribution in [3.8, 4) is 22.8 Å². The summed E-state index contributed by atoms with van der Waals surface area (Å²) < 4.78 is 37.0. The minimum atomic E-state index is -2.56. The van der Waals surface area contributed by atoms with Crippen LogP contribution in [-0.4, -0.2) is 41.3 Å². The number of aromatic nitrogens is 2. The number of hydrogen-bond donors (Lipinski definition) is 2. The highest BCUT2D eigenvalue weighted by molar-refractivity contribution is 5.91. The second-order valence-electron chi connectivity index (χ2n) is 7.24. The van der Waals surface area contributed by atoms with E-state index in [-0.39, 0.29) is 16.9 Å². The minimum absolute atomic E-state index is 0.0376. The second-order valence-corrected chi connectivity index (χ2v) is 7.24. The number of carboxylic acids is 1. The van der Waals surface area contributed by atoms with Gasteiger partial charge in [0.05, 0.1) is 19.4 Å². The molecule has 2 N–H and O–H groups in total. The molecule has 0 unspecified atom stereocenters. The monoisotopic (exact) mass is 457 g/mol. The van der Waals surface area contributed by atoms with Gasteiger partial charge in [0.2, 0.25) is 0 Å². The number of halogens is 2. The molecule has 0 saturated heterocycles. The van der Waals surface area contributed by atoms with Crippen LogP contribution in [-0.2, 0) is 6.42 Å². The molecule has 0 aliphatic heterocycles. The first-order valence-electron chi connectivity index (χ1n) is 10.4. The fourth-order valence-corrected chi connectivity index (χ4v) is 3.45. The molecule has 0 fully saturated rings. The number of aryl methyl sites for hydroxylation is 1. The molecule has 0 atom stereocenters. The van der Waals surface area contributed by atoms with Gasteiger partial charge in [0.25, 0.3) is 6.43 Å². The van der Waals surface area contributed by atoms with Crippen LogP contribution in [0.3, 0.4) is 0 Å². The molecule has 0 aliphatic carbocycles. The Hall–Kier alpha value is -3.75. The number of alkyl halides is 2. The second kappa shape index (κ2) is 10.7. The Morgan fingerprint density at radius 1 is 1.15 bits per heavy atom. The summed E-state index contributed by atoms with van der Waals surface area (Å²) in [6, 6.07) is 9.62. The maximum absolute atomic E-state index is 13.1. The molecule has 0 radical (unpaired) electrons. The Balaban J connectivity index is 1.75. The number of ether oxygens (including phenoxy) is 2. The fourth-order valence-electron chi connectivity index (χ4n) is 3.45. The molecule has 0 saturated carbocycles. The van der Waals surface area contributed by atoms with E-state index in [9.17, 15) is 18.7 Å². The molecule has 0 amide bonds. The number of carboxylic acid groups (broad SMARTS) is 1. The van der Waals surface area contributed by atoms with Gasteiger partial charge in [0.15, 0.2) is 0 Å². The summed E-state index contributed by atoms with van der Waals surface area (Å²) in [5, 5.41) is 12.5. The Morgan fingerprint density at radius 2 is 1.94 bits per heavy atom. The Morgan fingerprint density at radius 3 is 2.61 bits per heavy atom. The first-order chi connectivity index (χ1) is 15.8. The van der Waals surface area contributed by atoms with Crippen molar-refractivity contribution in [2.75, 3.05) is 25.6 Å². The number of hydrogen-bond acceptors (Lipinski definition) is 6. The van der Waals surface area contributed by atoms with Gasteiger partial charge in [-0.25, -0.2) is 23.5 Å². The van der Waals surface area contributed by atoms with Crippen LogP contribution in [0.2, 0.25) is 0 Å². The molecule has 3 aromatic rings. The first kappa shape index (κ1) is 23.9. The highest BCUT2D eigenvalue weighted by Gasteiger charge is 2.16. The van der Waals surface area contributed by atoms with Crippen LogP contribution in [0.4, 0.5) is 14.6 Å². The number of methoxy groups -OCH3 is 1. The van der Waals surface area contributed by atoms with Gasteiger partial charge in [-0.1, -0.05) is 12.1 Å². The van der Waals surface area contributed by atoms with E-state index in [1.807, 2.05) is 0 Å². The van der Waals surface area contributed by atoms with Crippen LogP contribution in [0, 0.1) is 6.92 Å². The Kier molecular flexibility index (Phi) is 7.76. The average Bonchev–Trinajstić information content (AvgIpc) is 2.79. The SMILES string of the molecule is CCOc1cc(-c2cc(NCCc3cc(C)c(C(F)F)cc3OC)ncn2)ccc1C(=O)O. The largest absolute Gasteiger partial charge is 0.496 e. The van der Waals surface area contributed by atoms with Crippen LogP contribution in [0.15, 0.2) is 42.7 Å². The maximum Gasteiger partial charge on any atom is 0.339 e. The van der Waals surface area contributed by atoms with Crippen molar-refractivity contribution in [1.82, 2.24) is 9.97 Å². The predicted molar refractivity (Wildman–Crippen MR) is 120 cm³/mol. The van der Waals surface area contributed by atoms with Crippen molar-refractivity contribution in [2.24, 2.45) is 0 Å². The summed E-state index contributed by atoms with van der Waals surface area (Å²) in [5.41, 5.74) is 2.65. The normalized spacial score (nSPS) is 10.8. The summed E-state index contributed by atoms with van der Waals surface area (Å²) in [5.74, 6) is 0.191. The van der Waals surface area contributed by atoms with Gasteiger partial charge in [0, 0.05) is 23.7 Å². The van der Waals surface area contributed by atoms with E-state index in [4.69, 9.17) is 9.47 Å². The molecule has 174 valence electrons. The van der Waals surface area contributed by atoms with Gasteiger partial charge in [-0.2, -0.15) is 0 Å². The zero-order chi connectivity index (χ0) is 24.0. The number of nitrogens with zero attached hydrogens (tertiary/aromatic N) is 2. The third-order valence-corrected chi connectivity index (χ3v) is 5.08. The van der Waals surface area contributed by atoms with E-state index >= 15 is 0 Å². The van der Waals surface area contributed by atoms with Crippen molar-refractivity contribution in [3.05, 3.63) is 65.0 Å². The van der Waals surface area contributed by atoms with Gasteiger partial charge < -0.3 is 19.9 Å². The molecule has 3 rings (SSSR count). The molecule has 2 aromatic carbocycles. The molecule has 0 bridgehead atoms. The zero-order valence-corrected chi connectivity index (χ0v) is 18.6. The molecule has 0 aliphatic rings. The summed E-state index contributed by atoms with van der Waals surface area (Å²) >= 11 is 0. The lowest BCUT2D eigenvalue weighted by Gasteiger charge is -2.14. The molecular formula is C24H25F2N3O4. The first-order valence-corrected chi connectivity index (χ1v) is 10.4. The van der Waals surface area contributed by atoms with Gasteiger partial charge in [-0.15, -0.1) is 0 Å². The van der Waals surface area contributed by atoms with Crippen molar-refractivity contribution < 1.29 is 28.2 Å². The Bertz CT molecular complexity index is 1140. The van der Waals surface area contributed by atoms with E-state index in [1.165, 1.54) is 25.6 Å². The molecule has 33 heavy (non-hydrogen) atoms. The number of anilines is 1. The van der Waals surface area contributed by atoms with E-state index < -0.39 is 12.4 Å².